The molecule has 1 heterocycles. The van der Waals surface area contributed by atoms with E-state index >= 15 is 0 Å². The maximum atomic E-state index is 13.4. The monoisotopic (exact) mass is 451 g/mol. The largest absolute Gasteiger partial charge is 0.465 e. The van der Waals surface area contributed by atoms with Gasteiger partial charge in [0.25, 0.3) is 0 Å². The number of piperidine rings is 1. The molecule has 1 saturated heterocycles. The molecule has 2 N–H and O–H groups in total. The van der Waals surface area contributed by atoms with Crippen molar-refractivity contribution in [1.29, 1.82) is 0 Å². The van der Waals surface area contributed by atoms with Crippen molar-refractivity contribution in [2.45, 2.75) is 64.3 Å². The van der Waals surface area contributed by atoms with Gasteiger partial charge >= 0.3 is 12.2 Å². The smallest absolute Gasteiger partial charge is 0.407 e. The van der Waals surface area contributed by atoms with Gasteiger partial charge in [0.15, 0.2) is 0 Å². The second-order valence-corrected chi connectivity index (χ2v) is 9.66. The van der Waals surface area contributed by atoms with Crippen LogP contribution in [0, 0.1) is 5.92 Å². The predicted molar refractivity (Wildman–Crippen MR) is 116 cm³/mol. The van der Waals surface area contributed by atoms with Gasteiger partial charge in [-0.3, -0.25) is 4.79 Å². The fraction of sp³-hybridized carbons (Fsp3) is 0.591. The zero-order valence-corrected chi connectivity index (χ0v) is 18.9. The molecule has 9 heteroatoms. The number of hydrogen-bond donors (Lipinski definition) is 2. The number of likely N-dealkylation sites (tertiary alicyclic amines) is 1. The van der Waals surface area contributed by atoms with E-state index in [0.717, 1.165) is 18.4 Å². The summed E-state index contributed by atoms with van der Waals surface area (Å²) in [5.74, 6) is -0.655. The Hall–Kier alpha value is -2.48. The summed E-state index contributed by atoms with van der Waals surface area (Å²) in [4.78, 5) is 40.3. The van der Waals surface area contributed by atoms with Gasteiger partial charge in [-0.2, -0.15) is 0 Å². The highest BCUT2D eigenvalue weighted by atomic mass is 35.5. The summed E-state index contributed by atoms with van der Waals surface area (Å²) >= 11 is 6.30. The summed E-state index contributed by atoms with van der Waals surface area (Å²) in [6, 6.07) is 7.04. The Balaban J connectivity index is 1.73. The van der Waals surface area contributed by atoms with Crippen LogP contribution in [-0.4, -0.2) is 63.8 Å². The minimum absolute atomic E-state index is 0.104. The van der Waals surface area contributed by atoms with Gasteiger partial charge < -0.3 is 25.0 Å². The Morgan fingerprint density at radius 1 is 1.23 bits per heavy atom. The van der Waals surface area contributed by atoms with Gasteiger partial charge in [0.2, 0.25) is 5.91 Å². The lowest BCUT2D eigenvalue weighted by Gasteiger charge is -2.38. The average Bonchev–Trinajstić information content (AvgIpc) is 3.50. The number of carbonyl (C=O) groups excluding carboxylic acids is 2. The fourth-order valence-electron chi connectivity index (χ4n) is 3.83. The average molecular weight is 452 g/mol. The molecule has 1 aliphatic heterocycles. The summed E-state index contributed by atoms with van der Waals surface area (Å²) in [5.41, 5.74) is 0.191. The molecule has 0 aromatic heterocycles. The number of halogens is 1. The molecule has 0 radical (unpaired) electrons. The Bertz CT molecular complexity index is 837. The molecule has 2 aliphatic rings. The van der Waals surface area contributed by atoms with E-state index in [9.17, 15) is 19.5 Å². The van der Waals surface area contributed by atoms with Gasteiger partial charge in [-0.1, -0.05) is 29.8 Å². The normalized spacial score (nSPS) is 21.4. The third kappa shape index (κ3) is 6.50. The van der Waals surface area contributed by atoms with Crippen molar-refractivity contribution >= 4 is 29.7 Å². The number of benzene rings is 1. The molecule has 0 spiro atoms. The number of carbonyl (C=O) groups is 3. The van der Waals surface area contributed by atoms with E-state index < -0.39 is 29.7 Å². The van der Waals surface area contributed by atoms with Gasteiger partial charge in [-0.25, -0.2) is 9.59 Å². The summed E-state index contributed by atoms with van der Waals surface area (Å²) in [7, 11) is 0. The third-order valence-corrected chi connectivity index (χ3v) is 5.73. The van der Waals surface area contributed by atoms with Crippen molar-refractivity contribution < 1.29 is 24.2 Å². The summed E-state index contributed by atoms with van der Waals surface area (Å²) < 4.78 is 5.29. The number of alkyl carbamates (subject to hydrolysis) is 1. The zero-order chi connectivity index (χ0) is 22.8. The first-order valence-electron chi connectivity index (χ1n) is 10.5. The lowest BCUT2D eigenvalue weighted by atomic mass is 9.92. The molecule has 31 heavy (non-hydrogen) atoms. The first-order valence-corrected chi connectivity index (χ1v) is 10.9. The third-order valence-electron chi connectivity index (χ3n) is 5.36. The predicted octanol–water partition coefficient (Wildman–Crippen LogP) is 3.72. The van der Waals surface area contributed by atoms with Gasteiger partial charge in [0, 0.05) is 30.7 Å². The summed E-state index contributed by atoms with van der Waals surface area (Å²) in [5, 5.41) is 12.9. The topological polar surface area (TPSA) is 99.2 Å². The molecule has 2 atom stereocenters. The second kappa shape index (κ2) is 9.34. The molecule has 170 valence electrons. The van der Waals surface area contributed by atoms with Gasteiger partial charge in [0.05, 0.1) is 12.0 Å². The first kappa shape index (κ1) is 23.2. The minimum Gasteiger partial charge on any atom is -0.465 e. The molecule has 3 amide bonds. The molecule has 1 aromatic rings. The van der Waals surface area contributed by atoms with Crippen molar-refractivity contribution in [2.24, 2.45) is 5.92 Å². The fourth-order valence-corrected chi connectivity index (χ4v) is 4.03. The molecular weight excluding hydrogens is 422 g/mol. The van der Waals surface area contributed by atoms with E-state index in [-0.39, 0.29) is 25.0 Å². The molecule has 1 aliphatic carbocycles. The quantitative estimate of drug-likeness (QED) is 0.710. The SMILES string of the molecule is CC(C)(C)OC(=O)N[C@@H]1C[C@H](C(=O)N(Cc2ccccc2Cl)C2CC2)CN(C(=O)O)C1. The summed E-state index contributed by atoms with van der Waals surface area (Å²) in [6.45, 7) is 5.87. The number of ether oxygens (including phenoxy) is 1. The van der Waals surface area contributed by atoms with Crippen molar-refractivity contribution in [1.82, 2.24) is 15.1 Å². The molecule has 0 unspecified atom stereocenters. The number of amides is 3. The zero-order valence-electron chi connectivity index (χ0n) is 18.1. The molecule has 8 nitrogen and oxygen atoms in total. The van der Waals surface area contributed by atoms with Crippen LogP contribution in [0.5, 0.6) is 0 Å². The number of hydrogen-bond acceptors (Lipinski definition) is 4. The van der Waals surface area contributed by atoms with Gasteiger partial charge in [-0.05, 0) is 51.7 Å². The van der Waals surface area contributed by atoms with Crippen molar-refractivity contribution in [3.8, 4) is 0 Å². The Labute approximate surface area is 187 Å². The van der Waals surface area contributed by atoms with Crippen LogP contribution in [0.1, 0.15) is 45.6 Å². The second-order valence-electron chi connectivity index (χ2n) is 9.25. The standard InChI is InChI=1S/C22H30ClN3O5/c1-22(2,3)31-20(28)24-16-10-15(11-25(13-16)21(29)30)19(27)26(17-8-9-17)12-14-6-4-5-7-18(14)23/h4-7,15-17H,8-13H2,1-3H3,(H,24,28)(H,29,30)/t15-,16+/m0/s1. The molecule has 2 fully saturated rings. The van der Waals surface area contributed by atoms with Crippen molar-refractivity contribution in [2.75, 3.05) is 13.1 Å². The van der Waals surface area contributed by atoms with E-state index in [1.165, 1.54) is 4.90 Å². The Morgan fingerprint density at radius 2 is 1.90 bits per heavy atom. The van der Waals surface area contributed by atoms with Crippen LogP contribution in [0.4, 0.5) is 9.59 Å². The van der Waals surface area contributed by atoms with E-state index in [4.69, 9.17) is 16.3 Å². The summed E-state index contributed by atoms with van der Waals surface area (Å²) in [6.07, 6.45) is 0.466. The maximum absolute atomic E-state index is 13.4. The van der Waals surface area contributed by atoms with E-state index in [0.29, 0.717) is 18.0 Å². The van der Waals surface area contributed by atoms with Crippen LogP contribution in [0.25, 0.3) is 0 Å². The molecule has 1 aromatic carbocycles. The van der Waals surface area contributed by atoms with Crippen LogP contribution in [0.3, 0.4) is 0 Å². The molecule has 0 bridgehead atoms. The van der Waals surface area contributed by atoms with E-state index in [2.05, 4.69) is 5.32 Å². The number of nitrogens with one attached hydrogen (secondary N) is 1. The molecule has 1 saturated carbocycles. The Morgan fingerprint density at radius 3 is 2.48 bits per heavy atom. The highest BCUT2D eigenvalue weighted by Gasteiger charge is 2.41. The molecular formula is C22H30ClN3O5. The van der Waals surface area contributed by atoms with Crippen LogP contribution in [-0.2, 0) is 16.1 Å². The Kier molecular flexibility index (Phi) is 6.99. The number of rotatable bonds is 5. The molecule has 3 rings (SSSR count). The van der Waals surface area contributed by atoms with Gasteiger partial charge in [-0.15, -0.1) is 0 Å². The first-order chi connectivity index (χ1) is 14.5. The lowest BCUT2D eigenvalue weighted by molar-refractivity contribution is -0.138. The van der Waals surface area contributed by atoms with Crippen LogP contribution in [0.15, 0.2) is 24.3 Å². The van der Waals surface area contributed by atoms with E-state index in [1.807, 2.05) is 23.1 Å². The van der Waals surface area contributed by atoms with Crippen LogP contribution < -0.4 is 5.32 Å². The maximum Gasteiger partial charge on any atom is 0.407 e. The van der Waals surface area contributed by atoms with E-state index in [1.54, 1.807) is 26.8 Å². The minimum atomic E-state index is -1.11. The lowest BCUT2D eigenvalue weighted by Crippen LogP contribution is -2.56. The highest BCUT2D eigenvalue weighted by molar-refractivity contribution is 6.31. The van der Waals surface area contributed by atoms with Crippen LogP contribution >= 0.6 is 11.6 Å². The number of carboxylic acid groups (broad SMARTS) is 1. The van der Waals surface area contributed by atoms with Crippen molar-refractivity contribution in [3.05, 3.63) is 34.9 Å². The van der Waals surface area contributed by atoms with Gasteiger partial charge in [0.1, 0.15) is 5.60 Å². The highest BCUT2D eigenvalue weighted by Crippen LogP contribution is 2.32. The van der Waals surface area contributed by atoms with Crippen LogP contribution in [0.2, 0.25) is 5.02 Å². The number of nitrogens with zero attached hydrogens (tertiary/aromatic N) is 2. The van der Waals surface area contributed by atoms with Crippen molar-refractivity contribution in [3.63, 3.8) is 0 Å².